The van der Waals surface area contributed by atoms with Crippen molar-refractivity contribution in [1.82, 2.24) is 5.32 Å². The molecule has 2 atom stereocenters. The molecule has 1 amide bonds. The molecule has 2 aliphatic carbocycles. The third-order valence-corrected chi connectivity index (χ3v) is 7.38. The van der Waals surface area contributed by atoms with Crippen LogP contribution in [-0.2, 0) is 19.8 Å². The number of carbonyl (C=O) groups excluding carboxylic acids is 3. The molecule has 0 aliphatic heterocycles. The van der Waals surface area contributed by atoms with Crippen LogP contribution >= 0.6 is 11.8 Å². The number of fused-ring (bicyclic) bond motifs is 3. The summed E-state index contributed by atoms with van der Waals surface area (Å²) in [7, 11) is 1.49. The molecule has 3 rings (SSSR count). The Labute approximate surface area is 189 Å². The molecule has 0 spiro atoms. The Hall–Kier alpha value is -3.07. The number of aliphatic hydroxyl groups is 1. The lowest BCUT2D eigenvalue weighted by Crippen LogP contribution is -2.47. The van der Waals surface area contributed by atoms with E-state index < -0.39 is 40.3 Å². The van der Waals surface area contributed by atoms with Crippen molar-refractivity contribution >= 4 is 35.2 Å². The van der Waals surface area contributed by atoms with Gasteiger partial charge in [0.1, 0.15) is 11.8 Å². The fraction of sp³-hybridized carbons (Fsp3) is 0.391. The first-order chi connectivity index (χ1) is 14.8. The van der Waals surface area contributed by atoms with Crippen LogP contribution in [0.2, 0.25) is 0 Å². The number of carboxylic acids is 1. The van der Waals surface area contributed by atoms with Gasteiger partial charge in [-0.15, -0.1) is 11.8 Å². The Morgan fingerprint density at radius 3 is 2.44 bits per heavy atom. The predicted molar refractivity (Wildman–Crippen MR) is 119 cm³/mol. The molecule has 0 saturated carbocycles. The molecule has 32 heavy (non-hydrogen) atoms. The number of Topliss-reactive ketones (excluding diaryl/α,β-unsaturated/α-hetero) is 1. The molecular weight excluding hydrogens is 434 g/mol. The van der Waals surface area contributed by atoms with Crippen LogP contribution in [0.15, 0.2) is 40.5 Å². The largest absolute Gasteiger partial charge is 0.504 e. The highest BCUT2D eigenvalue weighted by Gasteiger charge is 2.55. The zero-order valence-corrected chi connectivity index (χ0v) is 19.3. The van der Waals surface area contributed by atoms with E-state index in [-0.39, 0.29) is 22.7 Å². The number of thioether (sulfide) groups is 1. The summed E-state index contributed by atoms with van der Waals surface area (Å²) in [4.78, 5) is 49.5. The van der Waals surface area contributed by atoms with E-state index in [2.05, 4.69) is 5.32 Å². The van der Waals surface area contributed by atoms with E-state index in [0.717, 1.165) is 11.8 Å². The molecule has 0 bridgehead atoms. The number of nitrogens with one attached hydrogen (secondary N) is 1. The Balaban J connectivity index is 2.20. The summed E-state index contributed by atoms with van der Waals surface area (Å²) in [5, 5.41) is 22.8. The summed E-state index contributed by atoms with van der Waals surface area (Å²) in [6, 6.07) is 3.70. The molecule has 0 heterocycles. The lowest BCUT2D eigenvalue weighted by molar-refractivity contribution is -0.140. The molecule has 3 N–H and O–H groups in total. The zero-order valence-electron chi connectivity index (χ0n) is 18.4. The summed E-state index contributed by atoms with van der Waals surface area (Å²) < 4.78 is 5.34. The van der Waals surface area contributed by atoms with Gasteiger partial charge in [-0.05, 0) is 50.6 Å². The molecule has 0 saturated heterocycles. The van der Waals surface area contributed by atoms with Crippen LogP contribution in [0.25, 0.3) is 0 Å². The highest BCUT2D eigenvalue weighted by molar-refractivity contribution is 8.03. The molecular formula is C23H25NO7S. The first kappa shape index (κ1) is 23.6. The molecule has 0 aromatic heterocycles. The summed E-state index contributed by atoms with van der Waals surface area (Å²) in [5.74, 6) is -2.62. The minimum absolute atomic E-state index is 0.0503. The van der Waals surface area contributed by atoms with Gasteiger partial charge in [-0.2, -0.15) is 0 Å². The molecule has 9 heteroatoms. The van der Waals surface area contributed by atoms with Crippen molar-refractivity contribution in [2.75, 3.05) is 12.9 Å². The van der Waals surface area contributed by atoms with Crippen molar-refractivity contribution in [2.45, 2.75) is 39.2 Å². The lowest BCUT2D eigenvalue weighted by Gasteiger charge is -2.48. The van der Waals surface area contributed by atoms with Gasteiger partial charge in [0, 0.05) is 28.7 Å². The van der Waals surface area contributed by atoms with Crippen LogP contribution in [0.4, 0.5) is 0 Å². The van der Waals surface area contributed by atoms with Crippen molar-refractivity contribution in [3.8, 4) is 5.75 Å². The van der Waals surface area contributed by atoms with Crippen molar-refractivity contribution in [3.05, 3.63) is 51.6 Å². The summed E-state index contributed by atoms with van der Waals surface area (Å²) in [6.07, 6.45) is 1.44. The number of amides is 1. The second kappa shape index (κ2) is 8.12. The number of aliphatic hydroxyl groups excluding tert-OH is 1. The highest BCUT2D eigenvalue weighted by Crippen LogP contribution is 2.58. The third-order valence-electron chi connectivity index (χ3n) is 6.04. The van der Waals surface area contributed by atoms with Crippen LogP contribution in [0.1, 0.15) is 43.6 Å². The third kappa shape index (κ3) is 3.60. The van der Waals surface area contributed by atoms with Gasteiger partial charge in [0.2, 0.25) is 11.7 Å². The predicted octanol–water partition coefficient (Wildman–Crippen LogP) is 2.78. The number of ether oxygens (including phenoxy) is 1. The monoisotopic (exact) mass is 459 g/mol. The second-order valence-corrected chi connectivity index (χ2v) is 9.55. The standard InChI is InChI=1S/C23H25NO7S/c1-11(25)24-15(21(29)30)10-32-17-9-16(26)22(2,3)20-19(28)18(27)13-7-6-12(31-5)8-14(13)23(17,20)4/h6-9,15,28H,10H2,1-5H3,(H,24,25)(H,29,30). The maximum atomic E-state index is 13.0. The van der Waals surface area contributed by atoms with Crippen molar-refractivity contribution < 1.29 is 34.1 Å². The van der Waals surface area contributed by atoms with Gasteiger partial charge >= 0.3 is 5.97 Å². The molecule has 1 aromatic rings. The highest BCUT2D eigenvalue weighted by atomic mass is 32.2. The van der Waals surface area contributed by atoms with Gasteiger partial charge in [-0.3, -0.25) is 14.4 Å². The number of rotatable bonds is 6. The summed E-state index contributed by atoms with van der Waals surface area (Å²) in [6.45, 7) is 6.31. The van der Waals surface area contributed by atoms with Crippen LogP contribution in [0.5, 0.6) is 5.75 Å². The number of hydrogen-bond donors (Lipinski definition) is 3. The number of aliphatic carboxylic acids is 1. The van der Waals surface area contributed by atoms with Crippen molar-refractivity contribution in [1.29, 1.82) is 0 Å². The van der Waals surface area contributed by atoms with E-state index in [0.29, 0.717) is 16.2 Å². The van der Waals surface area contributed by atoms with Crippen molar-refractivity contribution in [2.24, 2.45) is 5.41 Å². The first-order valence-corrected chi connectivity index (χ1v) is 10.9. The normalized spacial score (nSPS) is 22.5. The summed E-state index contributed by atoms with van der Waals surface area (Å²) in [5.41, 5.74) is -1.15. The quantitative estimate of drug-likeness (QED) is 0.592. The van der Waals surface area contributed by atoms with E-state index in [1.807, 2.05) is 0 Å². The number of benzene rings is 1. The average Bonchev–Trinajstić information content (AvgIpc) is 2.72. The number of ketones is 2. The zero-order chi connectivity index (χ0) is 24.0. The van der Waals surface area contributed by atoms with Crippen LogP contribution in [-0.4, -0.2) is 52.6 Å². The van der Waals surface area contributed by atoms with E-state index >= 15 is 0 Å². The van der Waals surface area contributed by atoms with Gasteiger partial charge in [0.25, 0.3) is 0 Å². The second-order valence-electron chi connectivity index (χ2n) is 8.49. The van der Waals surface area contributed by atoms with E-state index in [4.69, 9.17) is 4.74 Å². The van der Waals surface area contributed by atoms with Gasteiger partial charge in [0.05, 0.1) is 17.9 Å². The SMILES string of the molecule is COc1ccc2c(c1)C1(C)C(SCC(NC(C)=O)C(=O)O)=CC(=O)C(C)(C)C1=C(O)C2=O. The number of carbonyl (C=O) groups is 4. The number of allylic oxidation sites excluding steroid dienone is 4. The van der Waals surface area contributed by atoms with Gasteiger partial charge in [-0.25, -0.2) is 4.79 Å². The van der Waals surface area contributed by atoms with Crippen LogP contribution in [0, 0.1) is 5.41 Å². The number of carboxylic acid groups (broad SMARTS) is 1. The Kier molecular flexibility index (Phi) is 5.99. The fourth-order valence-electron chi connectivity index (χ4n) is 4.40. The molecule has 0 fully saturated rings. The van der Waals surface area contributed by atoms with Crippen molar-refractivity contribution in [3.63, 3.8) is 0 Å². The van der Waals surface area contributed by atoms with Crippen LogP contribution < -0.4 is 10.1 Å². The molecule has 0 radical (unpaired) electrons. The topological polar surface area (TPSA) is 130 Å². The smallest absolute Gasteiger partial charge is 0.327 e. The van der Waals surface area contributed by atoms with Gasteiger partial charge < -0.3 is 20.3 Å². The van der Waals surface area contributed by atoms with Gasteiger partial charge in [-0.1, -0.05) is 0 Å². The van der Waals surface area contributed by atoms with E-state index in [1.54, 1.807) is 39.0 Å². The van der Waals surface area contributed by atoms with Gasteiger partial charge in [0.15, 0.2) is 11.5 Å². The average molecular weight is 460 g/mol. The molecule has 2 unspecified atom stereocenters. The minimum atomic E-state index is -1.21. The Morgan fingerprint density at radius 1 is 1.22 bits per heavy atom. The van der Waals surface area contributed by atoms with Crippen LogP contribution in [0.3, 0.4) is 0 Å². The number of hydrogen-bond acceptors (Lipinski definition) is 7. The summed E-state index contributed by atoms with van der Waals surface area (Å²) >= 11 is 1.09. The maximum absolute atomic E-state index is 13.0. The lowest BCUT2D eigenvalue weighted by atomic mass is 9.57. The minimum Gasteiger partial charge on any atom is -0.504 e. The Morgan fingerprint density at radius 2 is 1.88 bits per heavy atom. The first-order valence-electron chi connectivity index (χ1n) is 9.92. The number of methoxy groups -OCH3 is 1. The molecule has 2 aliphatic rings. The molecule has 1 aromatic carbocycles. The maximum Gasteiger partial charge on any atom is 0.327 e. The fourth-order valence-corrected chi connectivity index (χ4v) is 5.66. The van der Waals surface area contributed by atoms with E-state index in [9.17, 15) is 29.4 Å². The molecule has 170 valence electrons. The van der Waals surface area contributed by atoms with E-state index in [1.165, 1.54) is 20.1 Å². The Bertz CT molecular complexity index is 1100. The molecule has 8 nitrogen and oxygen atoms in total.